The number of carbonyl (C=O) groups is 1. The molecule has 2 N–H and O–H groups in total. The molecule has 5 heteroatoms. The molecule has 2 aromatic carbocycles. The maximum Gasteiger partial charge on any atom is 0.407 e. The van der Waals surface area contributed by atoms with Gasteiger partial charge in [-0.15, -0.1) is 0 Å². The molecule has 0 heterocycles. The van der Waals surface area contributed by atoms with Crippen molar-refractivity contribution < 1.29 is 14.6 Å². The van der Waals surface area contributed by atoms with Crippen LogP contribution in [-0.2, 0) is 11.3 Å². The number of hydrogen-bond donors (Lipinski definition) is 2. The number of amides is 1. The molecule has 1 atom stereocenters. The first kappa shape index (κ1) is 15.2. The lowest BCUT2D eigenvalue weighted by molar-refractivity contribution is 0.136. The van der Waals surface area contributed by atoms with Crippen molar-refractivity contribution >= 4 is 17.7 Å². The summed E-state index contributed by atoms with van der Waals surface area (Å²) in [7, 11) is 0. The van der Waals surface area contributed by atoms with E-state index in [1.807, 2.05) is 30.3 Å². The van der Waals surface area contributed by atoms with Crippen molar-refractivity contribution in [3.63, 3.8) is 0 Å². The van der Waals surface area contributed by atoms with Crippen LogP contribution < -0.4 is 5.32 Å². The first-order valence-corrected chi connectivity index (χ1v) is 6.89. The second kappa shape index (κ2) is 6.99. The van der Waals surface area contributed by atoms with Crippen LogP contribution in [0.4, 0.5) is 4.79 Å². The number of nitrogens with one attached hydrogen (secondary N) is 1. The summed E-state index contributed by atoms with van der Waals surface area (Å²) in [6, 6.07) is 13.8. The Labute approximate surface area is 128 Å². The third-order valence-electron chi connectivity index (χ3n) is 3.01. The van der Waals surface area contributed by atoms with E-state index in [4.69, 9.17) is 16.3 Å². The monoisotopic (exact) mass is 305 g/mol. The summed E-state index contributed by atoms with van der Waals surface area (Å²) < 4.78 is 5.13. The van der Waals surface area contributed by atoms with E-state index in [0.717, 1.165) is 5.56 Å². The highest BCUT2D eigenvalue weighted by atomic mass is 35.5. The average Bonchev–Trinajstić information content (AvgIpc) is 2.46. The molecule has 0 spiro atoms. The van der Waals surface area contributed by atoms with Crippen molar-refractivity contribution in [3.8, 4) is 5.75 Å². The molecule has 0 aliphatic carbocycles. The van der Waals surface area contributed by atoms with Gasteiger partial charge in [-0.2, -0.15) is 0 Å². The molecule has 2 rings (SSSR count). The Bertz CT molecular complexity index is 616. The number of alkyl carbamates (subject to hydrolysis) is 1. The van der Waals surface area contributed by atoms with E-state index in [-0.39, 0.29) is 18.4 Å². The summed E-state index contributed by atoms with van der Waals surface area (Å²) in [5.41, 5.74) is 1.49. The Morgan fingerprint density at radius 3 is 2.67 bits per heavy atom. The van der Waals surface area contributed by atoms with Crippen LogP contribution in [0.3, 0.4) is 0 Å². The van der Waals surface area contributed by atoms with Gasteiger partial charge in [0.05, 0.1) is 6.04 Å². The summed E-state index contributed by atoms with van der Waals surface area (Å²) in [6.07, 6.45) is -0.541. The van der Waals surface area contributed by atoms with Crippen LogP contribution in [0.1, 0.15) is 24.1 Å². The Morgan fingerprint density at radius 2 is 2.00 bits per heavy atom. The Morgan fingerprint density at radius 1 is 1.29 bits per heavy atom. The summed E-state index contributed by atoms with van der Waals surface area (Å²) in [4.78, 5) is 11.7. The molecule has 0 radical (unpaired) electrons. The summed E-state index contributed by atoms with van der Waals surface area (Å²) in [6.45, 7) is 1.96. The largest absolute Gasteiger partial charge is 0.508 e. The quantitative estimate of drug-likeness (QED) is 0.896. The zero-order chi connectivity index (χ0) is 15.2. The SMILES string of the molecule is C[C@H](NC(=O)OCc1ccccc1)c1ccc(Cl)cc1O. The topological polar surface area (TPSA) is 58.6 Å². The molecule has 21 heavy (non-hydrogen) atoms. The van der Waals surface area contributed by atoms with Crippen molar-refractivity contribution in [1.29, 1.82) is 0 Å². The molecular weight excluding hydrogens is 290 g/mol. The molecule has 0 unspecified atom stereocenters. The average molecular weight is 306 g/mol. The first-order valence-electron chi connectivity index (χ1n) is 6.52. The van der Waals surface area contributed by atoms with Gasteiger partial charge in [-0.3, -0.25) is 0 Å². The van der Waals surface area contributed by atoms with E-state index < -0.39 is 6.09 Å². The van der Waals surface area contributed by atoms with Gasteiger partial charge in [0.15, 0.2) is 0 Å². The van der Waals surface area contributed by atoms with Gasteiger partial charge in [-0.05, 0) is 24.6 Å². The van der Waals surface area contributed by atoms with Gasteiger partial charge in [0.2, 0.25) is 0 Å². The maximum atomic E-state index is 11.7. The van der Waals surface area contributed by atoms with E-state index in [2.05, 4.69) is 5.32 Å². The first-order chi connectivity index (χ1) is 10.1. The molecule has 0 fully saturated rings. The molecule has 110 valence electrons. The molecule has 0 saturated carbocycles. The fourth-order valence-corrected chi connectivity index (χ4v) is 2.07. The van der Waals surface area contributed by atoms with Crippen molar-refractivity contribution in [2.45, 2.75) is 19.6 Å². The number of carbonyl (C=O) groups excluding carboxylic acids is 1. The van der Waals surface area contributed by atoms with Crippen LogP contribution in [0.25, 0.3) is 0 Å². The van der Waals surface area contributed by atoms with Gasteiger partial charge >= 0.3 is 6.09 Å². The van der Waals surface area contributed by atoms with Crippen molar-refractivity contribution in [2.24, 2.45) is 0 Å². The lowest BCUT2D eigenvalue weighted by atomic mass is 10.1. The van der Waals surface area contributed by atoms with Crippen LogP contribution in [0, 0.1) is 0 Å². The number of benzene rings is 2. The van der Waals surface area contributed by atoms with Crippen LogP contribution in [0.2, 0.25) is 5.02 Å². The van der Waals surface area contributed by atoms with Gasteiger partial charge in [0.1, 0.15) is 12.4 Å². The number of phenolic OH excluding ortho intramolecular Hbond substituents is 1. The van der Waals surface area contributed by atoms with Crippen molar-refractivity contribution in [3.05, 3.63) is 64.7 Å². The summed E-state index contributed by atoms with van der Waals surface area (Å²) in [5, 5.41) is 12.9. The Kier molecular flexibility index (Phi) is 5.06. The van der Waals surface area contributed by atoms with Crippen LogP contribution in [0.15, 0.2) is 48.5 Å². The summed E-state index contributed by atoms with van der Waals surface area (Å²) >= 11 is 5.77. The molecule has 0 saturated heterocycles. The minimum Gasteiger partial charge on any atom is -0.508 e. The highest BCUT2D eigenvalue weighted by molar-refractivity contribution is 6.30. The van der Waals surface area contributed by atoms with E-state index in [9.17, 15) is 9.90 Å². The molecule has 4 nitrogen and oxygen atoms in total. The molecule has 1 amide bonds. The maximum absolute atomic E-state index is 11.7. The predicted octanol–water partition coefficient (Wildman–Crippen LogP) is 4.03. The van der Waals surface area contributed by atoms with Crippen LogP contribution >= 0.6 is 11.6 Å². The van der Waals surface area contributed by atoms with Gasteiger partial charge < -0.3 is 15.2 Å². The molecule has 0 aliphatic heterocycles. The highest BCUT2D eigenvalue weighted by Crippen LogP contribution is 2.27. The minimum absolute atomic E-state index is 0.0401. The van der Waals surface area contributed by atoms with Crippen molar-refractivity contribution in [1.82, 2.24) is 5.32 Å². The van der Waals surface area contributed by atoms with Crippen LogP contribution in [-0.4, -0.2) is 11.2 Å². The second-order valence-corrected chi connectivity index (χ2v) is 5.07. The van der Waals surface area contributed by atoms with Crippen molar-refractivity contribution in [2.75, 3.05) is 0 Å². The van der Waals surface area contributed by atoms with Gasteiger partial charge in [0, 0.05) is 10.6 Å². The molecule has 0 bridgehead atoms. The fraction of sp³-hybridized carbons (Fsp3) is 0.188. The number of hydrogen-bond acceptors (Lipinski definition) is 3. The molecule has 2 aromatic rings. The predicted molar refractivity (Wildman–Crippen MR) is 81.3 cm³/mol. The smallest absolute Gasteiger partial charge is 0.407 e. The van der Waals surface area contributed by atoms with Gasteiger partial charge in [-0.25, -0.2) is 4.79 Å². The summed E-state index contributed by atoms with van der Waals surface area (Å²) in [5.74, 6) is 0.0401. The zero-order valence-electron chi connectivity index (χ0n) is 11.5. The fourth-order valence-electron chi connectivity index (χ4n) is 1.90. The van der Waals surface area contributed by atoms with E-state index in [1.54, 1.807) is 19.1 Å². The van der Waals surface area contributed by atoms with Gasteiger partial charge in [0.25, 0.3) is 0 Å². The number of ether oxygens (including phenoxy) is 1. The van der Waals surface area contributed by atoms with Gasteiger partial charge in [-0.1, -0.05) is 48.0 Å². The molecule has 0 aliphatic rings. The molecular formula is C16H16ClNO3. The third-order valence-corrected chi connectivity index (χ3v) is 3.24. The Hall–Kier alpha value is -2.20. The van der Waals surface area contributed by atoms with E-state index in [1.165, 1.54) is 6.07 Å². The minimum atomic E-state index is -0.541. The second-order valence-electron chi connectivity index (χ2n) is 4.63. The van der Waals surface area contributed by atoms with E-state index >= 15 is 0 Å². The van der Waals surface area contributed by atoms with Crippen LogP contribution in [0.5, 0.6) is 5.75 Å². The number of aromatic hydroxyl groups is 1. The number of rotatable bonds is 4. The van der Waals surface area contributed by atoms with E-state index in [0.29, 0.717) is 10.6 Å². The standard InChI is InChI=1S/C16H16ClNO3/c1-11(14-8-7-13(17)9-15(14)19)18-16(20)21-10-12-5-3-2-4-6-12/h2-9,11,19H,10H2,1H3,(H,18,20)/t11-/m0/s1. The third kappa shape index (κ3) is 4.39. The number of halogens is 1. The lowest BCUT2D eigenvalue weighted by Crippen LogP contribution is -2.27. The normalized spacial score (nSPS) is 11.7. The zero-order valence-corrected chi connectivity index (χ0v) is 12.3. The highest BCUT2D eigenvalue weighted by Gasteiger charge is 2.14. The Balaban J connectivity index is 1.90. The number of phenols is 1. The lowest BCUT2D eigenvalue weighted by Gasteiger charge is -2.15. The molecule has 0 aromatic heterocycles.